The van der Waals surface area contributed by atoms with Crippen molar-refractivity contribution in [2.45, 2.75) is 103 Å². The minimum Gasteiger partial charge on any atom is -1.00 e. The Bertz CT molecular complexity index is 420. The van der Waals surface area contributed by atoms with Crippen molar-refractivity contribution >= 4 is 0 Å². The molecular formula is C25H46Cl2N-. The molecule has 1 aromatic rings. The molecule has 0 aliphatic carbocycles. The van der Waals surface area contributed by atoms with Crippen LogP contribution in [-0.2, 0) is 6.54 Å². The smallest absolute Gasteiger partial charge is 0.104 e. The van der Waals surface area contributed by atoms with E-state index < -0.39 is 0 Å². The molecule has 1 rings (SSSR count). The van der Waals surface area contributed by atoms with E-state index in [9.17, 15) is 0 Å². The zero-order valence-corrected chi connectivity index (χ0v) is 20.4. The molecule has 0 saturated heterocycles. The molecule has 0 radical (unpaired) electrons. The molecule has 0 spiro atoms. The number of hydrogen-bond donors (Lipinski definition) is 0. The number of benzene rings is 1. The van der Waals surface area contributed by atoms with Crippen LogP contribution in [0.25, 0.3) is 0 Å². The first-order valence-corrected chi connectivity index (χ1v) is 11.5. The molecule has 166 valence electrons. The van der Waals surface area contributed by atoms with Crippen LogP contribution in [0.3, 0.4) is 0 Å². The van der Waals surface area contributed by atoms with Crippen molar-refractivity contribution in [2.24, 2.45) is 0 Å². The second-order valence-electron chi connectivity index (χ2n) is 8.90. The van der Waals surface area contributed by atoms with Crippen LogP contribution in [0.2, 0.25) is 0 Å². The average molecular weight is 432 g/mol. The largest absolute Gasteiger partial charge is 1.00 e. The molecule has 0 amide bonds. The van der Waals surface area contributed by atoms with E-state index in [1.165, 1.54) is 102 Å². The zero-order valence-electron chi connectivity index (χ0n) is 18.9. The maximum atomic E-state index is 2.37. The first kappa shape index (κ1) is 30.0. The molecule has 3 heteroatoms. The van der Waals surface area contributed by atoms with Crippen molar-refractivity contribution in [3.63, 3.8) is 0 Å². The highest BCUT2D eigenvalue weighted by Gasteiger charge is 2.14. The van der Waals surface area contributed by atoms with Crippen molar-refractivity contribution in [2.75, 3.05) is 20.6 Å². The van der Waals surface area contributed by atoms with Gasteiger partial charge in [0.25, 0.3) is 0 Å². The van der Waals surface area contributed by atoms with Crippen molar-refractivity contribution in [1.29, 1.82) is 0 Å². The standard InChI is InChI=1S/C25H46N.2ClH/c1-4-5-6-7-8-9-10-11-12-13-14-15-16-20-23-26(2,3)24-25-21-18-17-19-22-25;;/h17-19,21-22H,4-16,20,23-24H2,1-3H3;2*1H/q+1;;/p-2. The molecule has 1 nitrogen and oxygen atoms in total. The molecule has 0 unspecified atom stereocenters. The molecule has 0 heterocycles. The van der Waals surface area contributed by atoms with Gasteiger partial charge >= 0.3 is 0 Å². The van der Waals surface area contributed by atoms with Crippen LogP contribution >= 0.6 is 0 Å². The van der Waals surface area contributed by atoms with Crippen molar-refractivity contribution in [1.82, 2.24) is 0 Å². The van der Waals surface area contributed by atoms with E-state index >= 15 is 0 Å². The molecule has 0 N–H and O–H groups in total. The van der Waals surface area contributed by atoms with E-state index in [2.05, 4.69) is 51.4 Å². The number of hydrogen-bond acceptors (Lipinski definition) is 0. The highest BCUT2D eigenvalue weighted by Crippen LogP contribution is 2.14. The summed E-state index contributed by atoms with van der Waals surface area (Å²) in [6.07, 6.45) is 20.2. The fraction of sp³-hybridized carbons (Fsp3) is 0.760. The number of nitrogens with zero attached hydrogens (tertiary/aromatic N) is 1. The van der Waals surface area contributed by atoms with Gasteiger partial charge in [0.2, 0.25) is 0 Å². The van der Waals surface area contributed by atoms with Gasteiger partial charge in [-0.05, 0) is 12.8 Å². The van der Waals surface area contributed by atoms with Crippen molar-refractivity contribution < 1.29 is 29.3 Å². The van der Waals surface area contributed by atoms with Crippen molar-refractivity contribution in [3.8, 4) is 0 Å². The lowest BCUT2D eigenvalue weighted by molar-refractivity contribution is -0.903. The van der Waals surface area contributed by atoms with Crippen molar-refractivity contribution in [3.05, 3.63) is 35.9 Å². The van der Waals surface area contributed by atoms with E-state index in [0.29, 0.717) is 0 Å². The van der Waals surface area contributed by atoms with Crippen LogP contribution in [0.1, 0.15) is 102 Å². The first-order chi connectivity index (χ1) is 12.6. The second kappa shape index (κ2) is 20.0. The SMILES string of the molecule is CCCCCCCCCCCCCCCC[N+](C)(C)Cc1ccccc1.[Cl-].[Cl-]. The van der Waals surface area contributed by atoms with Gasteiger partial charge in [-0.1, -0.05) is 114 Å². The molecule has 0 saturated carbocycles. The summed E-state index contributed by atoms with van der Waals surface area (Å²) in [5.41, 5.74) is 1.46. The summed E-state index contributed by atoms with van der Waals surface area (Å²) in [5.74, 6) is 0. The third-order valence-electron chi connectivity index (χ3n) is 5.57. The van der Waals surface area contributed by atoms with Gasteiger partial charge in [0, 0.05) is 5.56 Å². The van der Waals surface area contributed by atoms with E-state index in [-0.39, 0.29) is 24.8 Å². The first-order valence-electron chi connectivity index (χ1n) is 11.5. The topological polar surface area (TPSA) is 0 Å². The molecule has 28 heavy (non-hydrogen) atoms. The van der Waals surface area contributed by atoms with Crippen LogP contribution in [0.5, 0.6) is 0 Å². The van der Waals surface area contributed by atoms with E-state index in [0.717, 1.165) is 11.0 Å². The Morgan fingerprint density at radius 1 is 0.571 bits per heavy atom. The predicted octanol–water partition coefficient (Wildman–Crippen LogP) is 1.75. The lowest BCUT2D eigenvalue weighted by atomic mass is 10.0. The van der Waals surface area contributed by atoms with E-state index in [1.54, 1.807) is 0 Å². The highest BCUT2D eigenvalue weighted by atomic mass is 35.5. The van der Waals surface area contributed by atoms with Gasteiger partial charge in [-0.25, -0.2) is 0 Å². The molecular weight excluding hydrogens is 385 g/mol. The Kier molecular flexibility index (Phi) is 21.5. The number of halogens is 2. The maximum absolute atomic E-state index is 2.37. The Morgan fingerprint density at radius 2 is 0.964 bits per heavy atom. The lowest BCUT2D eigenvalue weighted by Gasteiger charge is -2.30. The van der Waals surface area contributed by atoms with Crippen LogP contribution < -0.4 is 24.8 Å². The van der Waals surface area contributed by atoms with Gasteiger partial charge in [0.15, 0.2) is 0 Å². The van der Waals surface area contributed by atoms with E-state index in [4.69, 9.17) is 0 Å². The Hall–Kier alpha value is -0.240. The van der Waals surface area contributed by atoms with Gasteiger partial charge in [0.1, 0.15) is 6.54 Å². The zero-order chi connectivity index (χ0) is 18.9. The van der Waals surface area contributed by atoms with E-state index in [1.807, 2.05) is 0 Å². The highest BCUT2D eigenvalue weighted by molar-refractivity contribution is 5.13. The van der Waals surface area contributed by atoms with Crippen LogP contribution in [0.4, 0.5) is 0 Å². The fourth-order valence-electron chi connectivity index (χ4n) is 3.89. The molecule has 0 aliphatic heterocycles. The van der Waals surface area contributed by atoms with Crippen LogP contribution in [0.15, 0.2) is 30.3 Å². The Balaban J connectivity index is 0. The normalized spacial score (nSPS) is 11.0. The molecule has 0 aromatic heterocycles. The molecule has 0 bridgehead atoms. The Labute approximate surface area is 189 Å². The van der Waals surface area contributed by atoms with Crippen LogP contribution in [0, 0.1) is 0 Å². The maximum Gasteiger partial charge on any atom is 0.104 e. The van der Waals surface area contributed by atoms with Gasteiger partial charge < -0.3 is 29.3 Å². The summed E-state index contributed by atoms with van der Waals surface area (Å²) in [5, 5.41) is 0. The third-order valence-corrected chi connectivity index (χ3v) is 5.57. The number of quaternary nitrogens is 1. The predicted molar refractivity (Wildman–Crippen MR) is 117 cm³/mol. The van der Waals surface area contributed by atoms with Crippen LogP contribution in [-0.4, -0.2) is 25.1 Å². The summed E-state index contributed by atoms with van der Waals surface area (Å²) in [6, 6.07) is 10.9. The summed E-state index contributed by atoms with van der Waals surface area (Å²) in [6.45, 7) is 4.75. The summed E-state index contributed by atoms with van der Waals surface area (Å²) in [7, 11) is 4.74. The number of unbranched alkanes of at least 4 members (excludes halogenated alkanes) is 13. The van der Waals surface area contributed by atoms with Gasteiger partial charge in [0.05, 0.1) is 20.6 Å². The quantitative estimate of drug-likeness (QED) is 0.261. The molecule has 0 atom stereocenters. The minimum absolute atomic E-state index is 0. The minimum atomic E-state index is 0. The molecule has 1 aromatic carbocycles. The van der Waals surface area contributed by atoms with Gasteiger partial charge in [-0.2, -0.15) is 0 Å². The van der Waals surface area contributed by atoms with Gasteiger partial charge in [-0.15, -0.1) is 0 Å². The lowest BCUT2D eigenvalue weighted by Crippen LogP contribution is -3.00. The summed E-state index contributed by atoms with van der Waals surface area (Å²) >= 11 is 0. The molecule has 0 aliphatic rings. The fourth-order valence-corrected chi connectivity index (χ4v) is 3.89. The summed E-state index contributed by atoms with van der Waals surface area (Å²) in [4.78, 5) is 0. The second-order valence-corrected chi connectivity index (χ2v) is 8.90. The Morgan fingerprint density at radius 3 is 1.39 bits per heavy atom. The summed E-state index contributed by atoms with van der Waals surface area (Å²) < 4.78 is 1.11. The average Bonchev–Trinajstić information content (AvgIpc) is 2.62. The monoisotopic (exact) mass is 430 g/mol. The van der Waals surface area contributed by atoms with Gasteiger partial charge in [-0.3, -0.25) is 0 Å². The third kappa shape index (κ3) is 17.8. The number of rotatable bonds is 17. The molecule has 0 fully saturated rings.